The van der Waals surface area contributed by atoms with E-state index in [1.54, 1.807) is 23.5 Å². The normalized spacial score (nSPS) is 16.1. The zero-order valence-corrected chi connectivity index (χ0v) is 19.7. The van der Waals surface area contributed by atoms with Crippen molar-refractivity contribution in [3.8, 4) is 0 Å². The highest BCUT2D eigenvalue weighted by Crippen LogP contribution is 2.41. The van der Waals surface area contributed by atoms with Crippen LogP contribution in [0.3, 0.4) is 0 Å². The van der Waals surface area contributed by atoms with Crippen LogP contribution in [0.2, 0.25) is 0 Å². The summed E-state index contributed by atoms with van der Waals surface area (Å²) in [7, 11) is 1.95. The van der Waals surface area contributed by atoms with E-state index in [-0.39, 0.29) is 11.7 Å². The first kappa shape index (κ1) is 21.8. The fourth-order valence-electron chi connectivity index (χ4n) is 4.77. The number of amides is 1. The third kappa shape index (κ3) is 4.31. The number of halogens is 1. The summed E-state index contributed by atoms with van der Waals surface area (Å²) in [4.78, 5) is 30.6. The van der Waals surface area contributed by atoms with Gasteiger partial charge in [0, 0.05) is 44.6 Å². The molecule has 6 nitrogen and oxygen atoms in total. The summed E-state index contributed by atoms with van der Waals surface area (Å²) in [6, 6.07) is 6.65. The van der Waals surface area contributed by atoms with Gasteiger partial charge in [0.25, 0.3) is 0 Å². The topological polar surface area (TPSA) is 52.6 Å². The van der Waals surface area contributed by atoms with Gasteiger partial charge in [-0.1, -0.05) is 18.7 Å². The maximum absolute atomic E-state index is 13.7. The van der Waals surface area contributed by atoms with Gasteiger partial charge in [0.1, 0.15) is 16.5 Å². The summed E-state index contributed by atoms with van der Waals surface area (Å²) in [5.41, 5.74) is 2.28. The lowest BCUT2D eigenvalue weighted by molar-refractivity contribution is -0.126. The molecule has 0 atom stereocenters. The van der Waals surface area contributed by atoms with Crippen LogP contribution in [-0.2, 0) is 24.2 Å². The van der Waals surface area contributed by atoms with Crippen LogP contribution in [0.5, 0.6) is 0 Å². The van der Waals surface area contributed by atoms with Gasteiger partial charge in [-0.25, -0.2) is 9.37 Å². The zero-order chi connectivity index (χ0) is 22.9. The van der Waals surface area contributed by atoms with Gasteiger partial charge in [0.15, 0.2) is 0 Å². The second-order valence-corrected chi connectivity index (χ2v) is 9.82. The third-order valence-electron chi connectivity index (χ3n) is 6.50. The maximum Gasteiger partial charge on any atom is 0.246 e. The first-order valence-corrected chi connectivity index (χ1v) is 12.3. The van der Waals surface area contributed by atoms with Crippen LogP contribution in [0, 0.1) is 5.82 Å². The molecule has 0 radical (unpaired) electrons. The highest BCUT2D eigenvalue weighted by molar-refractivity contribution is 7.19. The minimum absolute atomic E-state index is 0.0223. The Morgan fingerprint density at radius 1 is 1.21 bits per heavy atom. The van der Waals surface area contributed by atoms with Crippen LogP contribution >= 0.6 is 11.3 Å². The number of anilines is 2. The number of hydrogen-bond donors (Lipinski definition) is 0. The summed E-state index contributed by atoms with van der Waals surface area (Å²) in [5, 5.41) is 1.18. The first-order valence-electron chi connectivity index (χ1n) is 11.5. The molecule has 3 heterocycles. The number of thiophene rings is 1. The van der Waals surface area contributed by atoms with E-state index in [2.05, 4.69) is 11.5 Å². The molecule has 1 aromatic carbocycles. The average molecular weight is 466 g/mol. The van der Waals surface area contributed by atoms with E-state index in [0.29, 0.717) is 25.6 Å². The Kier molecular flexibility index (Phi) is 6.01. The van der Waals surface area contributed by atoms with E-state index in [9.17, 15) is 9.18 Å². The molecule has 0 N–H and O–H groups in total. The lowest BCUT2D eigenvalue weighted by atomic mass is 9.97. The largest absolute Gasteiger partial charge is 0.352 e. The Bertz CT molecular complexity index is 1200. The fourth-order valence-corrected chi connectivity index (χ4v) is 6.03. The molecule has 2 aromatic heterocycles. The molecule has 0 spiro atoms. The Balaban J connectivity index is 1.51. The lowest BCUT2D eigenvalue weighted by Crippen LogP contribution is -2.48. The molecular formula is C25H28FN5OS. The van der Waals surface area contributed by atoms with Crippen molar-refractivity contribution in [3.63, 3.8) is 0 Å². The zero-order valence-electron chi connectivity index (χ0n) is 18.9. The monoisotopic (exact) mass is 465 g/mol. The molecule has 8 heteroatoms. The predicted molar refractivity (Wildman–Crippen MR) is 132 cm³/mol. The van der Waals surface area contributed by atoms with Gasteiger partial charge in [-0.3, -0.25) is 4.79 Å². The van der Waals surface area contributed by atoms with E-state index in [1.807, 2.05) is 22.9 Å². The van der Waals surface area contributed by atoms with Crippen LogP contribution in [0.4, 0.5) is 16.2 Å². The number of piperazine rings is 1. The number of benzene rings is 1. The average Bonchev–Trinajstić information content (AvgIpc) is 3.21. The van der Waals surface area contributed by atoms with Gasteiger partial charge in [-0.05, 0) is 55.0 Å². The Labute approximate surface area is 197 Å². The number of carbonyl (C=O) groups is 1. The van der Waals surface area contributed by atoms with E-state index >= 15 is 0 Å². The van der Waals surface area contributed by atoms with Crippen molar-refractivity contribution >= 4 is 39.2 Å². The molecule has 0 bridgehead atoms. The fraction of sp³-hybridized carbons (Fsp3) is 0.400. The Hall–Kier alpha value is -3.00. The highest BCUT2D eigenvalue weighted by Gasteiger charge is 2.27. The second kappa shape index (κ2) is 9.09. The second-order valence-electron chi connectivity index (χ2n) is 8.74. The number of fused-ring (bicyclic) bond motifs is 3. The molecular weight excluding hydrogens is 437 g/mol. The molecule has 1 amide bonds. The maximum atomic E-state index is 13.7. The first-order chi connectivity index (χ1) is 16.0. The van der Waals surface area contributed by atoms with E-state index < -0.39 is 0 Å². The molecule has 1 saturated heterocycles. The van der Waals surface area contributed by atoms with Crippen LogP contribution in [0.1, 0.15) is 28.8 Å². The number of aryl methyl sites for hydroxylation is 2. The minimum atomic E-state index is -0.240. The van der Waals surface area contributed by atoms with Gasteiger partial charge < -0.3 is 14.7 Å². The molecule has 5 rings (SSSR count). The summed E-state index contributed by atoms with van der Waals surface area (Å²) >= 11 is 1.79. The summed E-state index contributed by atoms with van der Waals surface area (Å²) in [6.07, 6.45) is 5.97. The van der Waals surface area contributed by atoms with Gasteiger partial charge in [0.2, 0.25) is 11.9 Å². The van der Waals surface area contributed by atoms with E-state index in [0.717, 1.165) is 42.1 Å². The summed E-state index contributed by atoms with van der Waals surface area (Å²) in [6.45, 7) is 6.89. The van der Waals surface area contributed by atoms with E-state index in [4.69, 9.17) is 9.97 Å². The van der Waals surface area contributed by atoms with Gasteiger partial charge >= 0.3 is 0 Å². The predicted octanol–water partition coefficient (Wildman–Crippen LogP) is 4.18. The number of carbonyl (C=O) groups excluding carboxylic acids is 1. The highest BCUT2D eigenvalue weighted by atomic mass is 32.1. The Morgan fingerprint density at radius 3 is 2.76 bits per heavy atom. The molecule has 3 aromatic rings. The number of rotatable bonds is 5. The Morgan fingerprint density at radius 2 is 2.00 bits per heavy atom. The van der Waals surface area contributed by atoms with E-state index in [1.165, 1.54) is 40.8 Å². The minimum Gasteiger partial charge on any atom is -0.352 e. The smallest absolute Gasteiger partial charge is 0.246 e. The van der Waals surface area contributed by atoms with Crippen LogP contribution in [-0.4, -0.2) is 54.0 Å². The summed E-state index contributed by atoms with van der Waals surface area (Å²) < 4.78 is 13.7. The van der Waals surface area contributed by atoms with Crippen LogP contribution in [0.15, 0.2) is 36.9 Å². The van der Waals surface area contributed by atoms with Crippen molar-refractivity contribution < 1.29 is 9.18 Å². The van der Waals surface area contributed by atoms with Crippen molar-refractivity contribution in [3.05, 3.63) is 58.7 Å². The van der Waals surface area contributed by atoms with Crippen molar-refractivity contribution in [2.24, 2.45) is 0 Å². The number of aromatic nitrogens is 2. The number of hydrogen-bond acceptors (Lipinski definition) is 6. The van der Waals surface area contributed by atoms with Crippen LogP contribution < -0.4 is 9.80 Å². The molecule has 2 aliphatic rings. The van der Waals surface area contributed by atoms with Gasteiger partial charge in [-0.15, -0.1) is 11.3 Å². The van der Waals surface area contributed by atoms with Crippen molar-refractivity contribution in [2.75, 3.05) is 43.0 Å². The van der Waals surface area contributed by atoms with Crippen molar-refractivity contribution in [2.45, 2.75) is 32.2 Å². The van der Waals surface area contributed by atoms with Gasteiger partial charge in [0.05, 0.1) is 5.39 Å². The molecule has 1 fully saturated rings. The standard InChI is InChI=1S/C25H28FN5OS/c1-3-21(32)30-11-13-31(14-12-30)23-22-19-9-4-5-10-20(19)33-24(22)28-25(27-23)29(2)16-17-7-6-8-18(26)15-17/h3,6-8,15H,1,4-5,9-14,16H2,2H3. The SMILES string of the molecule is C=CC(=O)N1CCN(c2nc(N(C)Cc3cccc(F)c3)nc3sc4c(c23)CCCC4)CC1. The molecule has 172 valence electrons. The van der Waals surface area contributed by atoms with Crippen LogP contribution in [0.25, 0.3) is 10.2 Å². The van der Waals surface area contributed by atoms with Crippen molar-refractivity contribution in [1.29, 1.82) is 0 Å². The molecule has 0 unspecified atom stereocenters. The summed E-state index contributed by atoms with van der Waals surface area (Å²) in [5.74, 6) is 1.35. The van der Waals surface area contributed by atoms with Crippen molar-refractivity contribution in [1.82, 2.24) is 14.9 Å². The number of nitrogens with zero attached hydrogens (tertiary/aromatic N) is 5. The molecule has 33 heavy (non-hydrogen) atoms. The lowest BCUT2D eigenvalue weighted by Gasteiger charge is -2.35. The third-order valence-corrected chi connectivity index (χ3v) is 7.69. The molecule has 1 aliphatic heterocycles. The molecule has 0 saturated carbocycles. The van der Waals surface area contributed by atoms with Gasteiger partial charge in [-0.2, -0.15) is 4.98 Å². The molecule has 1 aliphatic carbocycles. The quantitative estimate of drug-likeness (QED) is 0.529.